The van der Waals surface area contributed by atoms with Gasteiger partial charge in [-0.15, -0.1) is 0 Å². The fourth-order valence-corrected chi connectivity index (χ4v) is 3.46. The number of nitro benzene ring substituents is 1. The standard InChI is InChI=1S/C11H12BrNO5S/c1-7(11(14)15)5-19(18)6-8-2-3-9(13(16)17)4-10(8)12/h2-4,7H,5-6H2,1H3,(H,14,15). The summed E-state index contributed by atoms with van der Waals surface area (Å²) in [4.78, 5) is 20.7. The van der Waals surface area contributed by atoms with Crippen LogP contribution >= 0.6 is 15.9 Å². The minimum atomic E-state index is -1.33. The second-order valence-corrected chi connectivity index (χ2v) is 6.38. The topological polar surface area (TPSA) is 97.5 Å². The molecule has 0 bridgehead atoms. The Bertz CT molecular complexity index is 534. The SMILES string of the molecule is CC(CS(=O)Cc1ccc([N+](=O)[O-])cc1Br)C(=O)O. The summed E-state index contributed by atoms with van der Waals surface area (Å²) in [5, 5.41) is 19.3. The Balaban J connectivity index is 2.75. The minimum absolute atomic E-state index is 0.0543. The summed E-state index contributed by atoms with van der Waals surface area (Å²) >= 11 is 3.18. The number of hydrogen-bond donors (Lipinski definition) is 1. The third-order valence-corrected chi connectivity index (χ3v) is 4.66. The molecule has 19 heavy (non-hydrogen) atoms. The summed E-state index contributed by atoms with van der Waals surface area (Å²) in [5.41, 5.74) is 0.599. The highest BCUT2D eigenvalue weighted by atomic mass is 79.9. The first-order valence-electron chi connectivity index (χ1n) is 5.32. The van der Waals surface area contributed by atoms with Gasteiger partial charge in [0.05, 0.1) is 10.8 Å². The molecule has 0 aromatic heterocycles. The van der Waals surface area contributed by atoms with Crippen molar-refractivity contribution < 1.29 is 19.0 Å². The third-order valence-electron chi connectivity index (χ3n) is 2.42. The van der Waals surface area contributed by atoms with Gasteiger partial charge in [-0.3, -0.25) is 19.1 Å². The molecule has 2 atom stereocenters. The van der Waals surface area contributed by atoms with Crippen molar-refractivity contribution in [1.29, 1.82) is 0 Å². The van der Waals surface area contributed by atoms with Gasteiger partial charge in [0.1, 0.15) is 0 Å². The number of halogens is 1. The van der Waals surface area contributed by atoms with Gasteiger partial charge in [0, 0.05) is 38.9 Å². The van der Waals surface area contributed by atoms with Crippen molar-refractivity contribution in [2.45, 2.75) is 12.7 Å². The number of carboxylic acids is 1. The third kappa shape index (κ3) is 4.71. The maximum absolute atomic E-state index is 11.8. The Hall–Kier alpha value is -1.28. The van der Waals surface area contributed by atoms with Crippen LogP contribution in [0, 0.1) is 16.0 Å². The van der Waals surface area contributed by atoms with E-state index in [0.717, 1.165) is 0 Å². The average molecular weight is 350 g/mol. The highest BCUT2D eigenvalue weighted by Gasteiger charge is 2.16. The molecule has 0 amide bonds. The van der Waals surface area contributed by atoms with Crippen molar-refractivity contribution >= 4 is 38.4 Å². The van der Waals surface area contributed by atoms with Gasteiger partial charge in [-0.05, 0) is 5.56 Å². The van der Waals surface area contributed by atoms with E-state index < -0.39 is 27.6 Å². The van der Waals surface area contributed by atoms with Gasteiger partial charge in [0.15, 0.2) is 0 Å². The highest BCUT2D eigenvalue weighted by molar-refractivity contribution is 9.10. The Morgan fingerprint density at radius 3 is 2.68 bits per heavy atom. The first-order valence-corrected chi connectivity index (χ1v) is 7.60. The quantitative estimate of drug-likeness (QED) is 0.627. The van der Waals surface area contributed by atoms with Gasteiger partial charge in [0.25, 0.3) is 5.69 Å². The van der Waals surface area contributed by atoms with E-state index in [1.807, 2.05) is 0 Å². The minimum Gasteiger partial charge on any atom is -0.481 e. The second-order valence-electron chi connectivity index (χ2n) is 4.02. The molecule has 0 radical (unpaired) electrons. The molecule has 104 valence electrons. The number of rotatable bonds is 6. The molecule has 8 heteroatoms. The van der Waals surface area contributed by atoms with Gasteiger partial charge in [0.2, 0.25) is 0 Å². The summed E-state index contributed by atoms with van der Waals surface area (Å²) in [7, 11) is -1.33. The van der Waals surface area contributed by atoms with Crippen LogP contribution in [0.25, 0.3) is 0 Å². The number of aliphatic carboxylic acids is 1. The van der Waals surface area contributed by atoms with Crippen LogP contribution in [-0.4, -0.2) is 26.0 Å². The number of carbonyl (C=O) groups is 1. The van der Waals surface area contributed by atoms with Gasteiger partial charge < -0.3 is 5.11 Å². The van der Waals surface area contributed by atoms with E-state index in [4.69, 9.17) is 5.11 Å². The molecule has 0 aliphatic heterocycles. The van der Waals surface area contributed by atoms with E-state index in [9.17, 15) is 19.1 Å². The molecule has 0 fully saturated rings. The lowest BCUT2D eigenvalue weighted by Gasteiger charge is -2.07. The van der Waals surface area contributed by atoms with Crippen molar-refractivity contribution in [2.75, 3.05) is 5.75 Å². The Kier molecular flexibility index (Phi) is 5.61. The van der Waals surface area contributed by atoms with Crippen LogP contribution in [0.2, 0.25) is 0 Å². The molecule has 0 saturated carbocycles. The lowest BCUT2D eigenvalue weighted by molar-refractivity contribution is -0.384. The van der Waals surface area contributed by atoms with Gasteiger partial charge >= 0.3 is 5.97 Å². The average Bonchev–Trinajstić information content (AvgIpc) is 2.31. The zero-order valence-electron chi connectivity index (χ0n) is 10.0. The van der Waals surface area contributed by atoms with Gasteiger partial charge in [-0.1, -0.05) is 28.9 Å². The van der Waals surface area contributed by atoms with Crippen LogP contribution in [0.5, 0.6) is 0 Å². The number of non-ortho nitro benzene ring substituents is 1. The van der Waals surface area contributed by atoms with E-state index in [0.29, 0.717) is 10.0 Å². The Labute approximate surface area is 120 Å². The molecular weight excluding hydrogens is 338 g/mol. The van der Waals surface area contributed by atoms with Crippen LogP contribution in [-0.2, 0) is 21.3 Å². The molecule has 1 aromatic rings. The zero-order valence-corrected chi connectivity index (χ0v) is 12.4. The molecule has 0 spiro atoms. The summed E-state index contributed by atoms with van der Waals surface area (Å²) in [6, 6.07) is 4.19. The van der Waals surface area contributed by atoms with E-state index >= 15 is 0 Å². The predicted molar refractivity (Wildman–Crippen MR) is 74.3 cm³/mol. The van der Waals surface area contributed by atoms with Crippen LogP contribution in [0.4, 0.5) is 5.69 Å². The first kappa shape index (κ1) is 15.8. The summed E-state index contributed by atoms with van der Waals surface area (Å²) in [5.74, 6) is -1.46. The molecule has 0 heterocycles. The maximum atomic E-state index is 11.8. The molecule has 1 N–H and O–H groups in total. The number of carboxylic acid groups (broad SMARTS) is 1. The van der Waals surface area contributed by atoms with Crippen molar-refractivity contribution in [3.05, 3.63) is 38.3 Å². The van der Waals surface area contributed by atoms with E-state index in [1.54, 1.807) is 0 Å². The monoisotopic (exact) mass is 349 g/mol. The largest absolute Gasteiger partial charge is 0.481 e. The number of nitro groups is 1. The lowest BCUT2D eigenvalue weighted by atomic mass is 10.2. The fourth-order valence-electron chi connectivity index (χ4n) is 1.35. The van der Waals surface area contributed by atoms with Crippen molar-refractivity contribution in [2.24, 2.45) is 5.92 Å². The molecule has 0 aliphatic rings. The molecule has 0 saturated heterocycles. The zero-order chi connectivity index (χ0) is 14.6. The van der Waals surface area contributed by atoms with Crippen molar-refractivity contribution in [3.63, 3.8) is 0 Å². The van der Waals surface area contributed by atoms with E-state index in [-0.39, 0.29) is 17.2 Å². The van der Waals surface area contributed by atoms with Gasteiger partial charge in [-0.2, -0.15) is 0 Å². The number of benzene rings is 1. The summed E-state index contributed by atoms with van der Waals surface area (Å²) in [6.45, 7) is 1.49. The van der Waals surface area contributed by atoms with Crippen LogP contribution < -0.4 is 0 Å². The number of nitrogens with zero attached hydrogens (tertiary/aromatic N) is 1. The molecule has 1 rings (SSSR count). The first-order chi connectivity index (χ1) is 8.81. The Morgan fingerprint density at radius 1 is 1.58 bits per heavy atom. The maximum Gasteiger partial charge on any atom is 0.307 e. The predicted octanol–water partition coefficient (Wildman–Crippen LogP) is 2.33. The normalized spacial score (nSPS) is 13.8. The van der Waals surface area contributed by atoms with Crippen LogP contribution in [0.3, 0.4) is 0 Å². The second kappa shape index (κ2) is 6.76. The van der Waals surface area contributed by atoms with Crippen molar-refractivity contribution in [1.82, 2.24) is 0 Å². The molecule has 6 nitrogen and oxygen atoms in total. The summed E-state index contributed by atoms with van der Waals surface area (Å²) < 4.78 is 12.3. The van der Waals surface area contributed by atoms with Gasteiger partial charge in [-0.25, -0.2) is 0 Å². The smallest absolute Gasteiger partial charge is 0.307 e. The molecule has 2 unspecified atom stereocenters. The molecular formula is C11H12BrNO5S. The highest BCUT2D eigenvalue weighted by Crippen LogP contribution is 2.24. The van der Waals surface area contributed by atoms with Crippen LogP contribution in [0.15, 0.2) is 22.7 Å². The van der Waals surface area contributed by atoms with Crippen LogP contribution in [0.1, 0.15) is 12.5 Å². The van der Waals surface area contributed by atoms with E-state index in [1.165, 1.54) is 25.1 Å². The van der Waals surface area contributed by atoms with Crippen molar-refractivity contribution in [3.8, 4) is 0 Å². The van der Waals surface area contributed by atoms with E-state index in [2.05, 4.69) is 15.9 Å². The lowest BCUT2D eigenvalue weighted by Crippen LogP contribution is -2.18. The fraction of sp³-hybridized carbons (Fsp3) is 0.364. The number of hydrogen-bond acceptors (Lipinski definition) is 4. The molecule has 0 aliphatic carbocycles. The molecule has 1 aromatic carbocycles. The Morgan fingerprint density at radius 2 is 2.21 bits per heavy atom. The summed E-state index contributed by atoms with van der Waals surface area (Å²) in [6.07, 6.45) is 0.